The third-order valence-electron chi connectivity index (χ3n) is 3.05. The predicted octanol–water partition coefficient (Wildman–Crippen LogP) is 5.30. The van der Waals surface area contributed by atoms with Crippen molar-refractivity contribution < 1.29 is 9.13 Å². The zero-order valence-corrected chi connectivity index (χ0v) is 14.0. The van der Waals surface area contributed by atoms with E-state index in [2.05, 4.69) is 21.2 Å². The molecule has 0 atom stereocenters. The van der Waals surface area contributed by atoms with Gasteiger partial charge in [-0.25, -0.2) is 4.39 Å². The Morgan fingerprint density at radius 2 is 1.86 bits per heavy atom. The number of rotatable bonds is 5. The molecule has 2 rings (SSSR count). The van der Waals surface area contributed by atoms with E-state index in [1.165, 1.54) is 6.07 Å². The van der Waals surface area contributed by atoms with E-state index >= 15 is 0 Å². The number of benzene rings is 2. The maximum atomic E-state index is 13.6. The Morgan fingerprint density at radius 1 is 1.19 bits per heavy atom. The molecule has 0 fully saturated rings. The van der Waals surface area contributed by atoms with Gasteiger partial charge in [-0.15, -0.1) is 0 Å². The molecule has 0 aromatic heterocycles. The highest BCUT2D eigenvalue weighted by atomic mass is 79.9. The molecule has 0 heterocycles. The van der Waals surface area contributed by atoms with E-state index in [4.69, 9.17) is 4.74 Å². The summed E-state index contributed by atoms with van der Waals surface area (Å²) < 4.78 is 19.6. The SMILES string of the molecule is Cc1cc(Br)c(F)cc1NCc1ccc(OC(C)C)cc1. The van der Waals surface area contributed by atoms with Crippen LogP contribution in [-0.2, 0) is 6.54 Å². The molecule has 2 aromatic carbocycles. The van der Waals surface area contributed by atoms with Crippen LogP contribution in [0.25, 0.3) is 0 Å². The number of aryl methyl sites for hydroxylation is 1. The summed E-state index contributed by atoms with van der Waals surface area (Å²) >= 11 is 3.19. The van der Waals surface area contributed by atoms with Crippen molar-refractivity contribution >= 4 is 21.6 Å². The molecule has 2 nitrogen and oxygen atoms in total. The lowest BCUT2D eigenvalue weighted by Gasteiger charge is -2.12. The molecule has 2 aromatic rings. The molecule has 0 aliphatic carbocycles. The van der Waals surface area contributed by atoms with Crippen molar-refractivity contribution in [2.24, 2.45) is 0 Å². The van der Waals surface area contributed by atoms with E-state index in [-0.39, 0.29) is 11.9 Å². The number of hydrogen-bond acceptors (Lipinski definition) is 2. The van der Waals surface area contributed by atoms with Crippen LogP contribution < -0.4 is 10.1 Å². The van der Waals surface area contributed by atoms with Gasteiger partial charge in [0.15, 0.2) is 0 Å². The first-order valence-electron chi connectivity index (χ1n) is 6.91. The van der Waals surface area contributed by atoms with Crippen molar-refractivity contribution in [2.45, 2.75) is 33.4 Å². The van der Waals surface area contributed by atoms with Gasteiger partial charge < -0.3 is 10.1 Å². The Morgan fingerprint density at radius 3 is 2.48 bits per heavy atom. The molecule has 1 N–H and O–H groups in total. The molecule has 4 heteroatoms. The minimum Gasteiger partial charge on any atom is -0.491 e. The fourth-order valence-corrected chi connectivity index (χ4v) is 2.45. The monoisotopic (exact) mass is 351 g/mol. The minimum atomic E-state index is -0.260. The van der Waals surface area contributed by atoms with Gasteiger partial charge in [-0.3, -0.25) is 0 Å². The van der Waals surface area contributed by atoms with Crippen LogP contribution in [0.1, 0.15) is 25.0 Å². The molecular formula is C17H19BrFNO. The second kappa shape index (κ2) is 6.94. The predicted molar refractivity (Wildman–Crippen MR) is 88.4 cm³/mol. The zero-order chi connectivity index (χ0) is 15.4. The van der Waals surface area contributed by atoms with Crippen molar-refractivity contribution in [1.29, 1.82) is 0 Å². The summed E-state index contributed by atoms with van der Waals surface area (Å²) in [4.78, 5) is 0. The van der Waals surface area contributed by atoms with Crippen molar-refractivity contribution in [1.82, 2.24) is 0 Å². The number of anilines is 1. The van der Waals surface area contributed by atoms with Crippen LogP contribution in [0, 0.1) is 12.7 Å². The van der Waals surface area contributed by atoms with E-state index in [0.717, 1.165) is 22.6 Å². The maximum Gasteiger partial charge on any atom is 0.139 e. The normalized spacial score (nSPS) is 10.8. The molecule has 21 heavy (non-hydrogen) atoms. The molecule has 112 valence electrons. The standard InChI is InChI=1S/C17H19BrFNO/c1-11(2)21-14-6-4-13(5-7-14)10-20-17-9-16(19)15(18)8-12(17)3/h4-9,11,20H,10H2,1-3H3. The smallest absolute Gasteiger partial charge is 0.139 e. The van der Waals surface area contributed by atoms with Gasteiger partial charge in [0.1, 0.15) is 11.6 Å². The summed E-state index contributed by atoms with van der Waals surface area (Å²) in [6.45, 7) is 6.59. The van der Waals surface area contributed by atoms with Gasteiger partial charge in [0.2, 0.25) is 0 Å². The Balaban J connectivity index is 2.01. The fraction of sp³-hybridized carbons (Fsp3) is 0.294. The molecular weight excluding hydrogens is 333 g/mol. The average Bonchev–Trinajstić information content (AvgIpc) is 2.42. The second-order valence-corrected chi connectivity index (χ2v) is 6.10. The average molecular weight is 352 g/mol. The first kappa shape index (κ1) is 15.8. The summed E-state index contributed by atoms with van der Waals surface area (Å²) in [6, 6.07) is 11.2. The molecule has 0 bridgehead atoms. The van der Waals surface area contributed by atoms with Crippen LogP contribution in [0.2, 0.25) is 0 Å². The van der Waals surface area contributed by atoms with E-state index < -0.39 is 0 Å². The van der Waals surface area contributed by atoms with Crippen molar-refractivity contribution in [3.8, 4) is 5.75 Å². The van der Waals surface area contributed by atoms with Crippen LogP contribution in [-0.4, -0.2) is 6.10 Å². The number of halogens is 2. The van der Waals surface area contributed by atoms with Crippen molar-refractivity contribution in [3.05, 3.63) is 57.8 Å². The molecule has 0 amide bonds. The Kier molecular flexibility index (Phi) is 5.23. The van der Waals surface area contributed by atoms with Gasteiger partial charge in [-0.05, 0) is 72.1 Å². The van der Waals surface area contributed by atoms with Gasteiger partial charge in [0, 0.05) is 12.2 Å². The third-order valence-corrected chi connectivity index (χ3v) is 3.65. The maximum absolute atomic E-state index is 13.6. The molecule has 0 saturated heterocycles. The summed E-state index contributed by atoms with van der Waals surface area (Å²) in [7, 11) is 0. The molecule has 0 aliphatic rings. The first-order chi connectivity index (χ1) is 9.95. The van der Waals surface area contributed by atoms with Gasteiger partial charge in [-0.2, -0.15) is 0 Å². The summed E-state index contributed by atoms with van der Waals surface area (Å²) in [5.41, 5.74) is 2.93. The Hall–Kier alpha value is -1.55. The Labute approximate surface area is 133 Å². The van der Waals surface area contributed by atoms with Gasteiger partial charge in [0.25, 0.3) is 0 Å². The lowest BCUT2D eigenvalue weighted by Crippen LogP contribution is -2.06. The van der Waals surface area contributed by atoms with Crippen LogP contribution >= 0.6 is 15.9 Å². The highest BCUT2D eigenvalue weighted by Crippen LogP contribution is 2.24. The van der Waals surface area contributed by atoms with Crippen molar-refractivity contribution in [3.63, 3.8) is 0 Å². The number of hydrogen-bond donors (Lipinski definition) is 1. The van der Waals surface area contributed by atoms with Crippen LogP contribution in [0.15, 0.2) is 40.9 Å². The van der Waals surface area contributed by atoms with E-state index in [9.17, 15) is 4.39 Å². The van der Waals surface area contributed by atoms with E-state index in [1.54, 1.807) is 6.07 Å². The molecule has 0 saturated carbocycles. The lowest BCUT2D eigenvalue weighted by atomic mass is 10.1. The summed E-state index contributed by atoms with van der Waals surface area (Å²) in [5, 5.41) is 3.26. The van der Waals surface area contributed by atoms with Crippen LogP contribution in [0.4, 0.5) is 10.1 Å². The zero-order valence-electron chi connectivity index (χ0n) is 12.4. The number of nitrogens with one attached hydrogen (secondary N) is 1. The number of ether oxygens (including phenoxy) is 1. The largest absolute Gasteiger partial charge is 0.491 e. The van der Waals surface area contributed by atoms with E-state index in [0.29, 0.717) is 11.0 Å². The topological polar surface area (TPSA) is 21.3 Å². The molecule has 0 radical (unpaired) electrons. The third kappa shape index (κ3) is 4.46. The molecule has 0 aliphatic heterocycles. The quantitative estimate of drug-likeness (QED) is 0.789. The summed E-state index contributed by atoms with van der Waals surface area (Å²) in [6.07, 6.45) is 0.169. The fourth-order valence-electron chi connectivity index (χ4n) is 1.99. The minimum absolute atomic E-state index is 0.169. The highest BCUT2D eigenvalue weighted by Gasteiger charge is 2.05. The van der Waals surface area contributed by atoms with Crippen molar-refractivity contribution in [2.75, 3.05) is 5.32 Å². The van der Waals surface area contributed by atoms with Crippen LogP contribution in [0.5, 0.6) is 5.75 Å². The highest BCUT2D eigenvalue weighted by molar-refractivity contribution is 9.10. The second-order valence-electron chi connectivity index (χ2n) is 5.25. The Bertz CT molecular complexity index is 611. The van der Waals surface area contributed by atoms with E-state index in [1.807, 2.05) is 45.0 Å². The molecule has 0 spiro atoms. The summed E-state index contributed by atoms with van der Waals surface area (Å²) in [5.74, 6) is 0.600. The van der Waals surface area contributed by atoms with Gasteiger partial charge in [0.05, 0.1) is 10.6 Å². The van der Waals surface area contributed by atoms with Gasteiger partial charge >= 0.3 is 0 Å². The van der Waals surface area contributed by atoms with Crippen LogP contribution in [0.3, 0.4) is 0 Å². The first-order valence-corrected chi connectivity index (χ1v) is 7.70. The molecule has 0 unspecified atom stereocenters. The lowest BCUT2D eigenvalue weighted by molar-refractivity contribution is 0.242. The van der Waals surface area contributed by atoms with Gasteiger partial charge in [-0.1, -0.05) is 12.1 Å².